The molecule has 1 aromatic heterocycles. The van der Waals surface area contributed by atoms with Gasteiger partial charge in [-0.25, -0.2) is 0 Å². The molecule has 96 valence electrons. The summed E-state index contributed by atoms with van der Waals surface area (Å²) in [5.41, 5.74) is -0.896. The van der Waals surface area contributed by atoms with Crippen LogP contribution in [0, 0.1) is 0 Å². The number of rotatable bonds is 3. The van der Waals surface area contributed by atoms with E-state index in [0.29, 0.717) is 19.3 Å². The summed E-state index contributed by atoms with van der Waals surface area (Å²) in [5, 5.41) is 20.7. The average Bonchev–Trinajstić information content (AvgIpc) is 2.56. The van der Waals surface area contributed by atoms with Crippen molar-refractivity contribution >= 4 is 22.9 Å². The van der Waals surface area contributed by atoms with E-state index >= 15 is 0 Å². The average molecular weight is 275 g/mol. The van der Waals surface area contributed by atoms with Crippen LogP contribution < -0.4 is 0 Å². The van der Waals surface area contributed by atoms with Crippen molar-refractivity contribution in [2.75, 3.05) is 0 Å². The third kappa shape index (κ3) is 3.44. The van der Waals surface area contributed by atoms with Gasteiger partial charge in [-0.15, -0.1) is 11.3 Å². The summed E-state index contributed by atoms with van der Waals surface area (Å²) in [6.07, 6.45) is 5.63. The van der Waals surface area contributed by atoms with Crippen molar-refractivity contribution in [1.29, 1.82) is 0 Å². The normalized spacial score (nSPS) is 22.1. The van der Waals surface area contributed by atoms with Crippen LogP contribution >= 0.6 is 22.9 Å². The second-order valence-corrected chi connectivity index (χ2v) is 6.74. The maximum Gasteiger partial charge on any atom is 0.0931 e. The summed E-state index contributed by atoms with van der Waals surface area (Å²) in [6.45, 7) is 0. The Morgan fingerprint density at radius 2 is 1.88 bits per heavy atom. The van der Waals surface area contributed by atoms with E-state index in [1.165, 1.54) is 24.2 Å². The molecule has 0 radical (unpaired) electrons. The molecule has 0 amide bonds. The molecule has 1 heterocycles. The Hall–Kier alpha value is -0.0900. The number of hydrogen-bond acceptors (Lipinski definition) is 3. The van der Waals surface area contributed by atoms with Crippen LogP contribution in [-0.2, 0) is 6.42 Å². The highest BCUT2D eigenvalue weighted by molar-refractivity contribution is 7.16. The molecule has 2 N–H and O–H groups in total. The highest BCUT2D eigenvalue weighted by Gasteiger charge is 2.35. The quantitative estimate of drug-likeness (QED) is 0.830. The van der Waals surface area contributed by atoms with Gasteiger partial charge in [-0.05, 0) is 25.0 Å². The number of halogens is 1. The molecule has 0 saturated heterocycles. The first-order chi connectivity index (χ1) is 8.10. The molecule has 1 fully saturated rings. The van der Waals surface area contributed by atoms with E-state index < -0.39 is 11.7 Å². The summed E-state index contributed by atoms with van der Waals surface area (Å²) in [7, 11) is 0. The predicted molar refractivity (Wildman–Crippen MR) is 71.7 cm³/mol. The largest absolute Gasteiger partial charge is 0.390 e. The van der Waals surface area contributed by atoms with E-state index in [4.69, 9.17) is 11.6 Å². The monoisotopic (exact) mass is 274 g/mol. The van der Waals surface area contributed by atoms with Crippen LogP contribution in [0.15, 0.2) is 12.1 Å². The lowest BCUT2D eigenvalue weighted by Gasteiger charge is -2.31. The summed E-state index contributed by atoms with van der Waals surface area (Å²) >= 11 is 7.34. The molecule has 1 aliphatic carbocycles. The van der Waals surface area contributed by atoms with Crippen molar-refractivity contribution in [2.24, 2.45) is 0 Å². The number of thiophene rings is 1. The molecule has 0 aromatic carbocycles. The highest BCUT2D eigenvalue weighted by atomic mass is 35.5. The molecule has 0 aliphatic heterocycles. The molecule has 2 nitrogen and oxygen atoms in total. The van der Waals surface area contributed by atoms with Gasteiger partial charge in [0.1, 0.15) is 0 Å². The molecule has 1 atom stereocenters. The molecular weight excluding hydrogens is 256 g/mol. The van der Waals surface area contributed by atoms with Gasteiger partial charge in [0.15, 0.2) is 0 Å². The van der Waals surface area contributed by atoms with Gasteiger partial charge < -0.3 is 10.2 Å². The smallest absolute Gasteiger partial charge is 0.0931 e. The molecule has 0 spiro atoms. The van der Waals surface area contributed by atoms with Crippen molar-refractivity contribution in [1.82, 2.24) is 0 Å². The first-order valence-electron chi connectivity index (χ1n) is 6.25. The van der Waals surface area contributed by atoms with Crippen molar-refractivity contribution in [2.45, 2.75) is 56.7 Å². The van der Waals surface area contributed by atoms with Gasteiger partial charge in [0.2, 0.25) is 0 Å². The summed E-state index contributed by atoms with van der Waals surface area (Å²) < 4.78 is 0.736. The summed E-state index contributed by atoms with van der Waals surface area (Å²) in [5.74, 6) is 0. The second kappa shape index (κ2) is 5.70. The van der Waals surface area contributed by atoms with Gasteiger partial charge in [-0.1, -0.05) is 37.3 Å². The lowest BCUT2D eigenvalue weighted by Crippen LogP contribution is -2.43. The minimum absolute atomic E-state index is 0.508. The Labute approximate surface area is 111 Å². The van der Waals surface area contributed by atoms with Crippen LogP contribution in [0.5, 0.6) is 0 Å². The standard InChI is InChI=1S/C13H19ClO2S/c14-12-6-5-10(17-12)9-11(15)13(16)7-3-1-2-4-8-13/h5-6,11,15-16H,1-4,7-9H2. The lowest BCUT2D eigenvalue weighted by molar-refractivity contribution is -0.0833. The van der Waals surface area contributed by atoms with E-state index in [0.717, 1.165) is 22.1 Å². The fourth-order valence-electron chi connectivity index (χ4n) is 2.52. The molecule has 17 heavy (non-hydrogen) atoms. The summed E-state index contributed by atoms with van der Waals surface area (Å²) in [6, 6.07) is 3.77. The Morgan fingerprint density at radius 1 is 1.24 bits per heavy atom. The van der Waals surface area contributed by atoms with Crippen LogP contribution in [-0.4, -0.2) is 21.9 Å². The van der Waals surface area contributed by atoms with Gasteiger partial charge in [0, 0.05) is 11.3 Å². The fraction of sp³-hybridized carbons (Fsp3) is 0.692. The van der Waals surface area contributed by atoms with Crippen LogP contribution in [0.25, 0.3) is 0 Å². The van der Waals surface area contributed by atoms with E-state index in [9.17, 15) is 10.2 Å². The third-order valence-electron chi connectivity index (χ3n) is 3.61. The van der Waals surface area contributed by atoms with Crippen LogP contribution in [0.3, 0.4) is 0 Å². The van der Waals surface area contributed by atoms with Gasteiger partial charge in [0.05, 0.1) is 16.0 Å². The molecule has 1 aliphatic rings. The first-order valence-corrected chi connectivity index (χ1v) is 7.44. The topological polar surface area (TPSA) is 40.5 Å². The number of aliphatic hydroxyl groups is 2. The van der Waals surface area contributed by atoms with Gasteiger partial charge >= 0.3 is 0 Å². The van der Waals surface area contributed by atoms with E-state index in [1.807, 2.05) is 12.1 Å². The predicted octanol–water partition coefficient (Wildman–Crippen LogP) is 3.39. The Balaban J connectivity index is 2.00. The third-order valence-corrected chi connectivity index (χ3v) is 4.87. The molecule has 4 heteroatoms. The van der Waals surface area contributed by atoms with Crippen molar-refractivity contribution in [3.8, 4) is 0 Å². The lowest BCUT2D eigenvalue weighted by atomic mass is 9.86. The molecule has 1 aromatic rings. The number of aliphatic hydroxyl groups excluding tert-OH is 1. The minimum atomic E-state index is -0.896. The summed E-state index contributed by atoms with van der Waals surface area (Å²) in [4.78, 5) is 1.04. The molecular formula is C13H19ClO2S. The van der Waals surface area contributed by atoms with Crippen molar-refractivity contribution < 1.29 is 10.2 Å². The zero-order valence-corrected chi connectivity index (χ0v) is 11.4. The van der Waals surface area contributed by atoms with Crippen molar-refractivity contribution in [3.63, 3.8) is 0 Å². The second-order valence-electron chi connectivity index (χ2n) is 4.94. The zero-order chi connectivity index (χ0) is 12.3. The SMILES string of the molecule is OC(Cc1ccc(Cl)s1)C1(O)CCCCCC1. The van der Waals surface area contributed by atoms with Gasteiger partial charge in [-0.2, -0.15) is 0 Å². The van der Waals surface area contributed by atoms with E-state index in [-0.39, 0.29) is 0 Å². The van der Waals surface area contributed by atoms with Gasteiger partial charge in [-0.3, -0.25) is 0 Å². The highest BCUT2D eigenvalue weighted by Crippen LogP contribution is 2.32. The Morgan fingerprint density at radius 3 is 2.41 bits per heavy atom. The fourth-order valence-corrected chi connectivity index (χ4v) is 3.64. The molecule has 1 saturated carbocycles. The van der Waals surface area contributed by atoms with E-state index in [2.05, 4.69) is 0 Å². The molecule has 0 bridgehead atoms. The van der Waals surface area contributed by atoms with Crippen LogP contribution in [0.1, 0.15) is 43.4 Å². The molecule has 1 unspecified atom stereocenters. The maximum absolute atomic E-state index is 10.5. The molecule has 2 rings (SSSR count). The maximum atomic E-state index is 10.5. The van der Waals surface area contributed by atoms with Gasteiger partial charge in [0.25, 0.3) is 0 Å². The van der Waals surface area contributed by atoms with E-state index in [1.54, 1.807) is 0 Å². The number of hydrogen-bond donors (Lipinski definition) is 2. The van der Waals surface area contributed by atoms with Crippen LogP contribution in [0.4, 0.5) is 0 Å². The Bertz CT molecular complexity index is 356. The Kier molecular flexibility index (Phi) is 4.47. The van der Waals surface area contributed by atoms with Crippen LogP contribution in [0.2, 0.25) is 4.34 Å². The minimum Gasteiger partial charge on any atom is -0.390 e. The van der Waals surface area contributed by atoms with Crippen molar-refractivity contribution in [3.05, 3.63) is 21.3 Å². The first kappa shape index (κ1) is 13.3. The zero-order valence-electron chi connectivity index (χ0n) is 9.86.